The molecule has 0 spiro atoms. The van der Waals surface area contributed by atoms with Crippen LogP contribution in [0.15, 0.2) is 70.2 Å². The number of nitro benzene ring substituents is 1. The second-order valence-electron chi connectivity index (χ2n) is 6.43. The average molecular weight is 416 g/mol. The van der Waals surface area contributed by atoms with Crippen LogP contribution in [0, 0.1) is 17.0 Å². The van der Waals surface area contributed by atoms with Crippen molar-refractivity contribution in [2.75, 3.05) is 7.11 Å². The summed E-state index contributed by atoms with van der Waals surface area (Å²) in [6.07, 6.45) is 1.47. The van der Waals surface area contributed by atoms with Crippen LogP contribution in [-0.4, -0.2) is 24.8 Å². The summed E-state index contributed by atoms with van der Waals surface area (Å²) in [7, 11) is -2.54. The summed E-state index contributed by atoms with van der Waals surface area (Å²) >= 11 is 0. The monoisotopic (exact) mass is 416 g/mol. The maximum Gasteiger partial charge on any atom is 0.269 e. The smallest absolute Gasteiger partial charge is 0.269 e. The van der Waals surface area contributed by atoms with E-state index in [1.807, 2.05) is 0 Å². The molecule has 2 aromatic carbocycles. The highest BCUT2D eigenvalue weighted by Crippen LogP contribution is 2.30. The fourth-order valence-corrected chi connectivity index (χ4v) is 4.49. The molecule has 1 heterocycles. The van der Waals surface area contributed by atoms with Gasteiger partial charge in [-0.05, 0) is 42.3 Å². The summed E-state index contributed by atoms with van der Waals surface area (Å²) in [6, 6.07) is 14.1. The standard InChI is InChI=1S/C20H20N2O6S/c1-15-5-10-19(27-2)20(12-15)29(25,26)21(14-18-4-3-11-28-18)13-16-6-8-17(9-7-16)22(23)24/h3-12H,13-14H2,1-2H3. The normalized spacial score (nSPS) is 11.6. The van der Waals surface area contributed by atoms with Crippen molar-refractivity contribution in [2.45, 2.75) is 24.9 Å². The fourth-order valence-electron chi connectivity index (χ4n) is 2.85. The fraction of sp³-hybridized carbons (Fsp3) is 0.200. The van der Waals surface area contributed by atoms with Crippen molar-refractivity contribution in [1.82, 2.24) is 4.31 Å². The Balaban J connectivity index is 2.00. The number of hydrogen-bond acceptors (Lipinski definition) is 6. The molecular formula is C20H20N2O6S. The molecule has 0 N–H and O–H groups in total. The van der Waals surface area contributed by atoms with Crippen molar-refractivity contribution in [2.24, 2.45) is 0 Å². The van der Waals surface area contributed by atoms with E-state index in [0.717, 1.165) is 5.56 Å². The van der Waals surface area contributed by atoms with E-state index in [-0.39, 0.29) is 29.4 Å². The Bertz CT molecular complexity index is 1090. The van der Waals surface area contributed by atoms with Crippen molar-refractivity contribution in [1.29, 1.82) is 0 Å². The molecule has 0 unspecified atom stereocenters. The van der Waals surface area contributed by atoms with Crippen molar-refractivity contribution in [3.05, 3.63) is 87.9 Å². The number of nitro groups is 1. The maximum atomic E-state index is 13.5. The summed E-state index contributed by atoms with van der Waals surface area (Å²) in [5.74, 6) is 0.714. The van der Waals surface area contributed by atoms with E-state index in [4.69, 9.17) is 9.15 Å². The largest absolute Gasteiger partial charge is 0.495 e. The molecule has 9 heteroatoms. The van der Waals surface area contributed by atoms with E-state index >= 15 is 0 Å². The highest BCUT2D eigenvalue weighted by Gasteiger charge is 2.29. The van der Waals surface area contributed by atoms with Gasteiger partial charge in [-0.15, -0.1) is 0 Å². The summed E-state index contributed by atoms with van der Waals surface area (Å²) in [5, 5.41) is 10.9. The molecule has 0 bridgehead atoms. The molecule has 1 aromatic heterocycles. The Hall–Kier alpha value is -3.17. The van der Waals surface area contributed by atoms with Gasteiger partial charge in [-0.2, -0.15) is 4.31 Å². The van der Waals surface area contributed by atoms with Crippen LogP contribution in [0.5, 0.6) is 5.75 Å². The SMILES string of the molecule is COc1ccc(C)cc1S(=O)(=O)N(Cc1ccc([N+](=O)[O-])cc1)Cc1ccco1. The lowest BCUT2D eigenvalue weighted by atomic mass is 10.2. The summed E-state index contributed by atoms with van der Waals surface area (Å²) in [4.78, 5) is 10.4. The number of benzene rings is 2. The number of sulfonamides is 1. The third kappa shape index (κ3) is 4.64. The van der Waals surface area contributed by atoms with Gasteiger partial charge >= 0.3 is 0 Å². The van der Waals surface area contributed by atoms with E-state index in [1.165, 1.54) is 41.9 Å². The third-order valence-corrected chi connectivity index (χ3v) is 6.17. The minimum atomic E-state index is -3.95. The molecule has 29 heavy (non-hydrogen) atoms. The Morgan fingerprint density at radius 3 is 2.41 bits per heavy atom. The second-order valence-corrected chi connectivity index (χ2v) is 8.34. The molecule has 3 aromatic rings. The lowest BCUT2D eigenvalue weighted by Gasteiger charge is -2.23. The number of non-ortho nitro benzene ring substituents is 1. The lowest BCUT2D eigenvalue weighted by Crippen LogP contribution is -2.30. The van der Waals surface area contributed by atoms with E-state index in [9.17, 15) is 18.5 Å². The Morgan fingerprint density at radius 2 is 1.83 bits per heavy atom. The Labute approximate surface area is 168 Å². The predicted octanol–water partition coefficient (Wildman–Crippen LogP) is 3.90. The van der Waals surface area contributed by atoms with Gasteiger partial charge in [0.25, 0.3) is 5.69 Å². The first-order chi connectivity index (χ1) is 13.8. The average Bonchev–Trinajstić information content (AvgIpc) is 3.21. The summed E-state index contributed by atoms with van der Waals surface area (Å²) in [6.45, 7) is 1.81. The predicted molar refractivity (Wildman–Crippen MR) is 106 cm³/mol. The number of rotatable bonds is 8. The van der Waals surface area contributed by atoms with Gasteiger partial charge in [-0.1, -0.05) is 18.2 Å². The molecule has 152 valence electrons. The molecular weight excluding hydrogens is 396 g/mol. The molecule has 0 aliphatic rings. The molecule has 8 nitrogen and oxygen atoms in total. The number of aryl methyl sites for hydroxylation is 1. The van der Waals surface area contributed by atoms with Crippen molar-refractivity contribution < 1.29 is 22.5 Å². The minimum Gasteiger partial charge on any atom is -0.495 e. The van der Waals surface area contributed by atoms with Crippen molar-refractivity contribution >= 4 is 15.7 Å². The van der Waals surface area contributed by atoms with Crippen LogP contribution < -0.4 is 4.74 Å². The zero-order valence-electron chi connectivity index (χ0n) is 15.9. The number of nitrogens with zero attached hydrogens (tertiary/aromatic N) is 2. The van der Waals surface area contributed by atoms with E-state index < -0.39 is 14.9 Å². The molecule has 0 aliphatic carbocycles. The second kappa shape index (κ2) is 8.46. The first-order valence-electron chi connectivity index (χ1n) is 8.72. The van der Waals surface area contributed by atoms with Gasteiger partial charge in [-0.25, -0.2) is 8.42 Å². The zero-order chi connectivity index (χ0) is 21.0. The Morgan fingerprint density at radius 1 is 1.10 bits per heavy atom. The van der Waals surface area contributed by atoms with E-state index in [2.05, 4.69) is 0 Å². The lowest BCUT2D eigenvalue weighted by molar-refractivity contribution is -0.384. The molecule has 0 radical (unpaired) electrons. The van der Waals surface area contributed by atoms with Gasteiger partial charge in [-0.3, -0.25) is 10.1 Å². The quantitative estimate of drug-likeness (QED) is 0.408. The summed E-state index contributed by atoms with van der Waals surface area (Å²) in [5.41, 5.74) is 1.32. The van der Waals surface area contributed by atoms with Crippen LogP contribution >= 0.6 is 0 Å². The van der Waals surface area contributed by atoms with Crippen molar-refractivity contribution in [3.8, 4) is 5.75 Å². The van der Waals surface area contributed by atoms with Gasteiger partial charge in [0.05, 0.1) is 24.8 Å². The Kier molecular flexibility index (Phi) is 6.00. The van der Waals surface area contributed by atoms with Crippen LogP contribution in [-0.2, 0) is 23.1 Å². The summed E-state index contributed by atoms with van der Waals surface area (Å²) < 4.78 is 38.8. The third-order valence-electron chi connectivity index (χ3n) is 4.36. The van der Waals surface area contributed by atoms with Gasteiger partial charge < -0.3 is 9.15 Å². The first-order valence-corrected chi connectivity index (χ1v) is 10.2. The van der Waals surface area contributed by atoms with Crippen LogP contribution in [0.3, 0.4) is 0 Å². The molecule has 0 amide bonds. The molecule has 0 aliphatic heterocycles. The first kappa shape index (κ1) is 20.6. The number of methoxy groups -OCH3 is 1. The number of ether oxygens (including phenoxy) is 1. The molecule has 0 atom stereocenters. The van der Waals surface area contributed by atoms with Crippen LogP contribution in [0.25, 0.3) is 0 Å². The van der Waals surface area contributed by atoms with E-state index in [1.54, 1.807) is 37.3 Å². The minimum absolute atomic E-state index is 0.00339. The van der Waals surface area contributed by atoms with Crippen LogP contribution in [0.4, 0.5) is 5.69 Å². The molecule has 0 fully saturated rings. The topological polar surface area (TPSA) is 103 Å². The zero-order valence-corrected chi connectivity index (χ0v) is 16.8. The highest BCUT2D eigenvalue weighted by molar-refractivity contribution is 7.89. The van der Waals surface area contributed by atoms with Crippen LogP contribution in [0.2, 0.25) is 0 Å². The van der Waals surface area contributed by atoms with Gasteiger partial charge in [0.2, 0.25) is 10.0 Å². The van der Waals surface area contributed by atoms with Gasteiger partial charge in [0.15, 0.2) is 0 Å². The number of hydrogen-bond donors (Lipinski definition) is 0. The maximum absolute atomic E-state index is 13.5. The van der Waals surface area contributed by atoms with Crippen molar-refractivity contribution in [3.63, 3.8) is 0 Å². The molecule has 0 saturated carbocycles. The highest BCUT2D eigenvalue weighted by atomic mass is 32.2. The number of furan rings is 1. The van der Waals surface area contributed by atoms with Gasteiger partial charge in [0, 0.05) is 18.7 Å². The van der Waals surface area contributed by atoms with Crippen LogP contribution in [0.1, 0.15) is 16.9 Å². The molecule has 3 rings (SSSR count). The molecule has 0 saturated heterocycles. The van der Waals surface area contributed by atoms with E-state index in [0.29, 0.717) is 11.3 Å². The van der Waals surface area contributed by atoms with Gasteiger partial charge in [0.1, 0.15) is 16.4 Å².